The third kappa shape index (κ3) is 2.96. The summed E-state index contributed by atoms with van der Waals surface area (Å²) in [4.78, 5) is 11.8. The average Bonchev–Trinajstić information content (AvgIpc) is 2.07. The van der Waals surface area contributed by atoms with Gasteiger partial charge >= 0.3 is 0 Å². The van der Waals surface area contributed by atoms with Gasteiger partial charge in [0.2, 0.25) is 0 Å². The first-order valence-electron chi connectivity index (χ1n) is 4.90. The average molecular weight is 183 g/mol. The molecular formula is C11H21NO. The Morgan fingerprint density at radius 2 is 1.85 bits per heavy atom. The Bertz CT molecular complexity index is 184. The van der Waals surface area contributed by atoms with Gasteiger partial charge in [-0.3, -0.25) is 4.79 Å². The summed E-state index contributed by atoms with van der Waals surface area (Å²) in [5.41, 5.74) is 6.27. The summed E-state index contributed by atoms with van der Waals surface area (Å²) in [6.07, 6.45) is 2.12. The van der Waals surface area contributed by atoms with Crippen LogP contribution in [0.3, 0.4) is 0 Å². The molecule has 0 atom stereocenters. The Morgan fingerprint density at radius 1 is 1.38 bits per heavy atom. The van der Waals surface area contributed by atoms with Crippen LogP contribution in [0.15, 0.2) is 12.2 Å². The van der Waals surface area contributed by atoms with Crippen molar-refractivity contribution in [2.45, 2.75) is 40.0 Å². The molecule has 0 bridgehead atoms. The zero-order valence-electron chi connectivity index (χ0n) is 9.02. The van der Waals surface area contributed by atoms with Crippen molar-refractivity contribution in [3.63, 3.8) is 0 Å². The normalized spacial score (nSPS) is 11.4. The Hall–Kier alpha value is -0.630. The second-order valence-electron chi connectivity index (χ2n) is 3.75. The minimum atomic E-state index is -0.307. The highest BCUT2D eigenvalue weighted by molar-refractivity contribution is 5.86. The first-order chi connectivity index (χ1) is 6.02. The van der Waals surface area contributed by atoms with E-state index < -0.39 is 0 Å². The molecular weight excluding hydrogens is 162 g/mol. The van der Waals surface area contributed by atoms with Crippen molar-refractivity contribution in [2.75, 3.05) is 6.54 Å². The van der Waals surface area contributed by atoms with E-state index in [4.69, 9.17) is 5.73 Å². The quantitative estimate of drug-likeness (QED) is 0.642. The number of rotatable bonds is 6. The van der Waals surface area contributed by atoms with E-state index in [0.29, 0.717) is 13.0 Å². The van der Waals surface area contributed by atoms with Gasteiger partial charge in [-0.1, -0.05) is 26.0 Å². The highest BCUT2D eigenvalue weighted by Crippen LogP contribution is 2.28. The number of Topliss-reactive ketones (excluding diaryl/α,β-unsaturated/α-hetero) is 1. The molecule has 0 aliphatic heterocycles. The van der Waals surface area contributed by atoms with Crippen LogP contribution in [0.25, 0.3) is 0 Å². The second kappa shape index (κ2) is 5.18. The standard InChI is InChI=1S/C11H21NO/c1-5-11(6-2,8-12)10(13)7-9(3)4/h3,5-8,12H2,1-2,4H3. The van der Waals surface area contributed by atoms with Gasteiger partial charge in [-0.2, -0.15) is 0 Å². The van der Waals surface area contributed by atoms with E-state index >= 15 is 0 Å². The van der Waals surface area contributed by atoms with Gasteiger partial charge in [0.1, 0.15) is 5.78 Å². The highest BCUT2D eigenvalue weighted by Gasteiger charge is 2.32. The molecule has 0 aliphatic carbocycles. The first kappa shape index (κ1) is 12.4. The number of hydrogen-bond acceptors (Lipinski definition) is 2. The molecule has 0 saturated carbocycles. The number of ketones is 1. The van der Waals surface area contributed by atoms with Crippen LogP contribution in [0.4, 0.5) is 0 Å². The molecule has 0 aromatic rings. The maximum Gasteiger partial charge on any atom is 0.144 e. The predicted molar refractivity (Wildman–Crippen MR) is 56.5 cm³/mol. The van der Waals surface area contributed by atoms with Crippen molar-refractivity contribution in [1.29, 1.82) is 0 Å². The van der Waals surface area contributed by atoms with Gasteiger partial charge in [0, 0.05) is 18.4 Å². The van der Waals surface area contributed by atoms with Crippen molar-refractivity contribution in [1.82, 2.24) is 0 Å². The lowest BCUT2D eigenvalue weighted by Crippen LogP contribution is -2.37. The zero-order valence-corrected chi connectivity index (χ0v) is 9.02. The number of hydrogen-bond donors (Lipinski definition) is 1. The van der Waals surface area contributed by atoms with E-state index in [1.54, 1.807) is 0 Å². The Morgan fingerprint density at radius 3 is 2.08 bits per heavy atom. The molecule has 2 nitrogen and oxygen atoms in total. The van der Waals surface area contributed by atoms with E-state index in [-0.39, 0.29) is 11.2 Å². The third-order valence-electron chi connectivity index (χ3n) is 2.80. The van der Waals surface area contributed by atoms with E-state index in [9.17, 15) is 4.79 Å². The van der Waals surface area contributed by atoms with Crippen LogP contribution in [-0.2, 0) is 4.79 Å². The van der Waals surface area contributed by atoms with Crippen LogP contribution >= 0.6 is 0 Å². The van der Waals surface area contributed by atoms with Crippen LogP contribution in [-0.4, -0.2) is 12.3 Å². The Labute approximate surface area is 81.2 Å². The van der Waals surface area contributed by atoms with Crippen LogP contribution in [0.2, 0.25) is 0 Å². The van der Waals surface area contributed by atoms with E-state index in [0.717, 1.165) is 18.4 Å². The van der Waals surface area contributed by atoms with Crippen molar-refractivity contribution in [3.8, 4) is 0 Å². The molecule has 76 valence electrons. The van der Waals surface area contributed by atoms with Gasteiger partial charge in [-0.05, 0) is 19.8 Å². The van der Waals surface area contributed by atoms with Crippen LogP contribution < -0.4 is 5.73 Å². The summed E-state index contributed by atoms with van der Waals surface area (Å²) < 4.78 is 0. The van der Waals surface area contributed by atoms with Gasteiger partial charge in [-0.25, -0.2) is 0 Å². The maximum atomic E-state index is 11.8. The number of carbonyl (C=O) groups is 1. The fourth-order valence-corrected chi connectivity index (χ4v) is 1.51. The summed E-state index contributed by atoms with van der Waals surface area (Å²) in [5.74, 6) is 0.243. The number of nitrogens with two attached hydrogens (primary N) is 1. The molecule has 0 aromatic carbocycles. The minimum absolute atomic E-state index is 0.243. The SMILES string of the molecule is C=C(C)CC(=O)C(CC)(CC)CN. The monoisotopic (exact) mass is 183 g/mol. The van der Waals surface area contributed by atoms with Crippen molar-refractivity contribution < 1.29 is 4.79 Å². The van der Waals surface area contributed by atoms with Crippen molar-refractivity contribution >= 4 is 5.78 Å². The molecule has 0 unspecified atom stereocenters. The first-order valence-corrected chi connectivity index (χ1v) is 4.90. The lowest BCUT2D eigenvalue weighted by molar-refractivity contribution is -0.128. The van der Waals surface area contributed by atoms with Crippen molar-refractivity contribution in [2.24, 2.45) is 11.1 Å². The molecule has 0 aromatic heterocycles. The number of allylic oxidation sites excluding steroid dienone is 1. The largest absolute Gasteiger partial charge is 0.329 e. The molecule has 2 N–H and O–H groups in total. The fraction of sp³-hybridized carbons (Fsp3) is 0.727. The topological polar surface area (TPSA) is 43.1 Å². The zero-order chi connectivity index (χ0) is 10.5. The Kier molecular flexibility index (Phi) is 4.92. The smallest absolute Gasteiger partial charge is 0.144 e. The van der Waals surface area contributed by atoms with Gasteiger partial charge in [0.25, 0.3) is 0 Å². The van der Waals surface area contributed by atoms with Gasteiger partial charge in [-0.15, -0.1) is 0 Å². The van der Waals surface area contributed by atoms with Crippen LogP contribution in [0, 0.1) is 5.41 Å². The lowest BCUT2D eigenvalue weighted by Gasteiger charge is -2.28. The fourth-order valence-electron chi connectivity index (χ4n) is 1.51. The third-order valence-corrected chi connectivity index (χ3v) is 2.80. The Balaban J connectivity index is 4.53. The molecule has 0 saturated heterocycles. The molecule has 0 radical (unpaired) electrons. The molecule has 0 amide bonds. The van der Waals surface area contributed by atoms with Crippen molar-refractivity contribution in [3.05, 3.63) is 12.2 Å². The second-order valence-corrected chi connectivity index (χ2v) is 3.75. The molecule has 0 fully saturated rings. The summed E-state index contributed by atoms with van der Waals surface area (Å²) in [6.45, 7) is 10.1. The highest BCUT2D eigenvalue weighted by atomic mass is 16.1. The molecule has 13 heavy (non-hydrogen) atoms. The van der Waals surface area contributed by atoms with Crippen LogP contribution in [0.5, 0.6) is 0 Å². The minimum Gasteiger partial charge on any atom is -0.329 e. The predicted octanol–water partition coefficient (Wildman–Crippen LogP) is 2.29. The van der Waals surface area contributed by atoms with E-state index in [2.05, 4.69) is 6.58 Å². The van der Waals surface area contributed by atoms with Crippen LogP contribution in [0.1, 0.15) is 40.0 Å². The molecule has 0 aliphatic rings. The summed E-state index contributed by atoms with van der Waals surface area (Å²) >= 11 is 0. The maximum absolute atomic E-state index is 11.8. The lowest BCUT2D eigenvalue weighted by atomic mass is 9.76. The molecule has 2 heteroatoms. The number of carbonyl (C=O) groups excluding carboxylic acids is 1. The van der Waals surface area contributed by atoms with Gasteiger partial charge in [0.05, 0.1) is 0 Å². The summed E-state index contributed by atoms with van der Waals surface area (Å²) in [7, 11) is 0. The molecule has 0 rings (SSSR count). The van der Waals surface area contributed by atoms with Gasteiger partial charge < -0.3 is 5.73 Å². The van der Waals surface area contributed by atoms with E-state index in [1.807, 2.05) is 20.8 Å². The molecule has 0 heterocycles. The van der Waals surface area contributed by atoms with Gasteiger partial charge in [0.15, 0.2) is 0 Å². The molecule has 0 spiro atoms. The summed E-state index contributed by atoms with van der Waals surface area (Å²) in [5, 5.41) is 0. The summed E-state index contributed by atoms with van der Waals surface area (Å²) in [6, 6.07) is 0. The van der Waals surface area contributed by atoms with E-state index in [1.165, 1.54) is 0 Å².